The molecule has 1 amide bonds. The number of likely N-dealkylation sites (tertiary alicyclic amines) is 1. The summed E-state index contributed by atoms with van der Waals surface area (Å²) in [6.07, 6.45) is 2.65. The van der Waals surface area contributed by atoms with Crippen molar-refractivity contribution < 1.29 is 9.53 Å². The predicted molar refractivity (Wildman–Crippen MR) is 100 cm³/mol. The number of hydrogen-bond donors (Lipinski definition) is 1. The van der Waals surface area contributed by atoms with Crippen molar-refractivity contribution >= 4 is 35.0 Å². The van der Waals surface area contributed by atoms with Gasteiger partial charge in [0.05, 0.1) is 0 Å². The van der Waals surface area contributed by atoms with E-state index < -0.39 is 5.60 Å². The maximum absolute atomic E-state index is 12.3. The highest BCUT2D eigenvalue weighted by Gasteiger charge is 2.32. The first kappa shape index (κ1) is 19.2. The van der Waals surface area contributed by atoms with Gasteiger partial charge in [-0.1, -0.05) is 23.2 Å². The van der Waals surface area contributed by atoms with Gasteiger partial charge in [0.1, 0.15) is 5.60 Å². The lowest BCUT2D eigenvalue weighted by atomic mass is 10.1. The summed E-state index contributed by atoms with van der Waals surface area (Å²) in [6.45, 7) is 8.53. The lowest BCUT2D eigenvalue weighted by Gasteiger charge is -2.30. The second-order valence-corrected chi connectivity index (χ2v) is 8.28. The highest BCUT2D eigenvalue weighted by Crippen LogP contribution is 2.27. The smallest absolute Gasteiger partial charge is 0.410 e. The zero-order valence-corrected chi connectivity index (χ0v) is 16.2. The number of nitrogens with one attached hydrogen (secondary N) is 1. The number of anilines is 1. The van der Waals surface area contributed by atoms with E-state index in [2.05, 4.69) is 12.2 Å². The Balaban J connectivity index is 1.94. The van der Waals surface area contributed by atoms with Crippen molar-refractivity contribution in [2.24, 2.45) is 0 Å². The van der Waals surface area contributed by atoms with Crippen LogP contribution in [0.3, 0.4) is 0 Å². The molecule has 134 valence electrons. The molecule has 1 N–H and O–H groups in total. The zero-order valence-electron chi connectivity index (χ0n) is 14.7. The molecule has 4 nitrogen and oxygen atoms in total. The van der Waals surface area contributed by atoms with E-state index in [0.29, 0.717) is 10.0 Å². The van der Waals surface area contributed by atoms with E-state index >= 15 is 0 Å². The third kappa shape index (κ3) is 5.75. The maximum Gasteiger partial charge on any atom is 0.410 e. The Bertz CT molecular complexity index is 567. The molecule has 1 aromatic rings. The largest absolute Gasteiger partial charge is 0.444 e. The van der Waals surface area contributed by atoms with Crippen molar-refractivity contribution in [2.75, 3.05) is 11.9 Å². The van der Waals surface area contributed by atoms with Crippen LogP contribution in [0.15, 0.2) is 18.2 Å². The molecule has 1 aliphatic rings. The molecule has 6 heteroatoms. The summed E-state index contributed by atoms with van der Waals surface area (Å²) in [5, 5.41) is 4.62. The molecule has 24 heavy (non-hydrogen) atoms. The molecule has 1 fully saturated rings. The number of hydrogen-bond acceptors (Lipinski definition) is 3. The van der Waals surface area contributed by atoms with Gasteiger partial charge in [-0.2, -0.15) is 0 Å². The Morgan fingerprint density at radius 1 is 1.33 bits per heavy atom. The molecule has 0 spiro atoms. The normalized spacial score (nSPS) is 19.2. The molecule has 0 saturated carbocycles. The Hall–Kier alpha value is -1.13. The summed E-state index contributed by atoms with van der Waals surface area (Å²) < 4.78 is 5.51. The van der Waals surface area contributed by atoms with E-state index in [0.717, 1.165) is 31.5 Å². The number of amides is 1. The van der Waals surface area contributed by atoms with Crippen LogP contribution in [0.5, 0.6) is 0 Å². The van der Waals surface area contributed by atoms with Crippen LogP contribution in [0.2, 0.25) is 10.0 Å². The molecule has 0 aromatic heterocycles. The van der Waals surface area contributed by atoms with Gasteiger partial charge >= 0.3 is 6.09 Å². The van der Waals surface area contributed by atoms with Crippen molar-refractivity contribution in [3.63, 3.8) is 0 Å². The van der Waals surface area contributed by atoms with Gasteiger partial charge in [-0.15, -0.1) is 0 Å². The zero-order chi connectivity index (χ0) is 17.9. The van der Waals surface area contributed by atoms with E-state index in [1.165, 1.54) is 0 Å². The average molecular weight is 373 g/mol. The third-order valence-electron chi connectivity index (χ3n) is 3.91. The first-order chi connectivity index (χ1) is 11.1. The number of ether oxygens (including phenoxy) is 1. The van der Waals surface area contributed by atoms with Gasteiger partial charge in [-0.3, -0.25) is 0 Å². The van der Waals surface area contributed by atoms with Crippen LogP contribution in [0, 0.1) is 0 Å². The van der Waals surface area contributed by atoms with E-state index in [-0.39, 0.29) is 18.2 Å². The topological polar surface area (TPSA) is 41.6 Å². The fraction of sp³-hybridized carbons (Fsp3) is 0.611. The van der Waals surface area contributed by atoms with E-state index in [1.807, 2.05) is 37.8 Å². The van der Waals surface area contributed by atoms with Gasteiger partial charge < -0.3 is 15.0 Å². The second-order valence-electron chi connectivity index (χ2n) is 7.41. The van der Waals surface area contributed by atoms with Crippen molar-refractivity contribution in [3.8, 4) is 0 Å². The fourth-order valence-corrected chi connectivity index (χ4v) is 3.56. The van der Waals surface area contributed by atoms with Crippen LogP contribution in [0.4, 0.5) is 10.5 Å². The van der Waals surface area contributed by atoms with Crippen molar-refractivity contribution in [3.05, 3.63) is 28.2 Å². The second kappa shape index (κ2) is 7.83. The highest BCUT2D eigenvalue weighted by atomic mass is 35.5. The summed E-state index contributed by atoms with van der Waals surface area (Å²) in [5.74, 6) is 0. The summed E-state index contributed by atoms with van der Waals surface area (Å²) in [6, 6.07) is 5.79. The number of carbonyl (C=O) groups is 1. The van der Waals surface area contributed by atoms with E-state index in [9.17, 15) is 4.79 Å². The Morgan fingerprint density at radius 3 is 2.54 bits per heavy atom. The molecule has 0 bridgehead atoms. The molecule has 1 aliphatic heterocycles. The average Bonchev–Trinajstić information content (AvgIpc) is 2.83. The Labute approximate surface area is 154 Å². The molecular formula is C18H26Cl2N2O2. The SMILES string of the molecule is CC(CC1CCCN1C(=O)OC(C)(C)C)Nc1cc(Cl)cc(Cl)c1. The fourth-order valence-electron chi connectivity index (χ4n) is 3.03. The minimum Gasteiger partial charge on any atom is -0.444 e. The van der Waals surface area contributed by atoms with Crippen molar-refractivity contribution in [1.82, 2.24) is 4.90 Å². The molecule has 2 rings (SSSR count). The monoisotopic (exact) mass is 372 g/mol. The van der Waals surface area contributed by atoms with Crippen LogP contribution in [-0.2, 0) is 4.74 Å². The summed E-state index contributed by atoms with van der Waals surface area (Å²) >= 11 is 12.1. The van der Waals surface area contributed by atoms with Crippen molar-refractivity contribution in [2.45, 2.75) is 64.6 Å². The molecule has 2 unspecified atom stereocenters. The van der Waals surface area contributed by atoms with Crippen LogP contribution >= 0.6 is 23.2 Å². The summed E-state index contributed by atoms with van der Waals surface area (Å²) in [4.78, 5) is 14.2. The quantitative estimate of drug-likeness (QED) is 0.749. The minimum atomic E-state index is -0.467. The predicted octanol–water partition coefficient (Wildman–Crippen LogP) is 5.58. The first-order valence-electron chi connectivity index (χ1n) is 8.36. The summed E-state index contributed by atoms with van der Waals surface area (Å²) in [7, 11) is 0. The Kier molecular flexibility index (Phi) is 6.27. The number of halogens is 2. The molecule has 1 saturated heterocycles. The maximum atomic E-state index is 12.3. The van der Waals surface area contributed by atoms with E-state index in [4.69, 9.17) is 27.9 Å². The van der Waals surface area contributed by atoms with Crippen LogP contribution < -0.4 is 5.32 Å². The molecule has 2 atom stereocenters. The molecule has 1 aromatic carbocycles. The third-order valence-corrected chi connectivity index (χ3v) is 4.34. The molecule has 1 heterocycles. The number of rotatable bonds is 4. The summed E-state index contributed by atoms with van der Waals surface area (Å²) in [5.41, 5.74) is 0.424. The first-order valence-corrected chi connectivity index (χ1v) is 9.12. The molecule has 0 aliphatic carbocycles. The van der Waals surface area contributed by atoms with Crippen LogP contribution in [0.1, 0.15) is 47.0 Å². The lowest BCUT2D eigenvalue weighted by Crippen LogP contribution is -2.41. The van der Waals surface area contributed by atoms with Crippen LogP contribution in [0.25, 0.3) is 0 Å². The lowest BCUT2D eigenvalue weighted by molar-refractivity contribution is 0.0218. The minimum absolute atomic E-state index is 0.188. The highest BCUT2D eigenvalue weighted by molar-refractivity contribution is 6.35. The van der Waals surface area contributed by atoms with Gasteiger partial charge in [0, 0.05) is 34.4 Å². The van der Waals surface area contributed by atoms with E-state index in [1.54, 1.807) is 6.07 Å². The van der Waals surface area contributed by atoms with Gasteiger partial charge in [-0.25, -0.2) is 4.79 Å². The molecule has 0 radical (unpaired) electrons. The van der Waals surface area contributed by atoms with Gasteiger partial charge in [0.15, 0.2) is 0 Å². The number of carbonyl (C=O) groups excluding carboxylic acids is 1. The Morgan fingerprint density at radius 2 is 1.96 bits per heavy atom. The van der Waals surface area contributed by atoms with Crippen LogP contribution in [-0.4, -0.2) is 35.2 Å². The number of nitrogens with zero attached hydrogens (tertiary/aromatic N) is 1. The number of benzene rings is 1. The van der Waals surface area contributed by atoms with Crippen molar-refractivity contribution in [1.29, 1.82) is 0 Å². The molecular weight excluding hydrogens is 347 g/mol. The van der Waals surface area contributed by atoms with Gasteiger partial charge in [-0.05, 0) is 65.2 Å². The standard InChI is InChI=1S/C18H26Cl2N2O2/c1-12(21-15-10-13(19)9-14(20)11-15)8-16-6-5-7-22(16)17(23)24-18(2,3)4/h9-12,16,21H,5-8H2,1-4H3. The van der Waals surface area contributed by atoms with Gasteiger partial charge in [0.2, 0.25) is 0 Å². The van der Waals surface area contributed by atoms with Gasteiger partial charge in [0.25, 0.3) is 0 Å².